The lowest BCUT2D eigenvalue weighted by Gasteiger charge is -2.15. The summed E-state index contributed by atoms with van der Waals surface area (Å²) < 4.78 is 27.1. The Bertz CT molecular complexity index is 522. The molecule has 1 aliphatic rings. The number of likely N-dealkylation sites (tertiary alicyclic amines) is 1. The van der Waals surface area contributed by atoms with Crippen molar-refractivity contribution in [1.82, 2.24) is 14.9 Å². The van der Waals surface area contributed by atoms with Gasteiger partial charge in [-0.05, 0) is 63.6 Å². The third-order valence-electron chi connectivity index (χ3n) is 3.82. The summed E-state index contributed by atoms with van der Waals surface area (Å²) in [5, 5.41) is 3.08. The van der Waals surface area contributed by atoms with E-state index in [2.05, 4.69) is 14.9 Å². The van der Waals surface area contributed by atoms with Crippen LogP contribution in [0.3, 0.4) is 0 Å². The van der Waals surface area contributed by atoms with Gasteiger partial charge >= 0.3 is 0 Å². The maximum absolute atomic E-state index is 12.2. The van der Waals surface area contributed by atoms with Gasteiger partial charge in [0.25, 0.3) is 0 Å². The van der Waals surface area contributed by atoms with Crippen LogP contribution in [0, 0.1) is 0 Å². The van der Waals surface area contributed by atoms with Crippen LogP contribution >= 0.6 is 0 Å². The van der Waals surface area contributed by atoms with E-state index >= 15 is 0 Å². The Labute approximate surface area is 127 Å². The fraction of sp³-hybridized carbons (Fsp3) is 0.600. The number of likely N-dealkylation sites (N-methyl/N-ethyl adjacent to an activating group) is 1. The number of hydrogen-bond acceptors (Lipinski definition) is 4. The van der Waals surface area contributed by atoms with Crippen molar-refractivity contribution in [3.63, 3.8) is 0 Å². The lowest BCUT2D eigenvalue weighted by molar-refractivity contribution is 0.344. The predicted octanol–water partition coefficient (Wildman–Crippen LogP) is 0.823. The van der Waals surface area contributed by atoms with Crippen molar-refractivity contribution in [1.29, 1.82) is 0 Å². The Morgan fingerprint density at radius 3 is 2.38 bits per heavy atom. The first-order chi connectivity index (χ1) is 10.1. The van der Waals surface area contributed by atoms with E-state index in [4.69, 9.17) is 0 Å². The molecule has 0 radical (unpaired) electrons. The van der Waals surface area contributed by atoms with Gasteiger partial charge in [0.1, 0.15) is 0 Å². The van der Waals surface area contributed by atoms with Crippen molar-refractivity contribution in [2.45, 2.75) is 24.2 Å². The Morgan fingerprint density at radius 2 is 1.76 bits per heavy atom. The summed E-state index contributed by atoms with van der Waals surface area (Å²) in [5.74, 6) is 0. The van der Waals surface area contributed by atoms with E-state index in [0.717, 1.165) is 38.2 Å². The molecule has 1 heterocycles. The zero-order chi connectivity index (χ0) is 15.1. The van der Waals surface area contributed by atoms with Crippen LogP contribution in [-0.4, -0.2) is 53.1 Å². The Morgan fingerprint density at radius 1 is 1.10 bits per heavy atom. The SMILES string of the molecule is CNCCc1ccc(S(=O)(=O)NCCN2CCCC2)cc1. The van der Waals surface area contributed by atoms with E-state index < -0.39 is 10.0 Å². The lowest BCUT2D eigenvalue weighted by Crippen LogP contribution is -2.33. The van der Waals surface area contributed by atoms with Crippen molar-refractivity contribution in [3.05, 3.63) is 29.8 Å². The molecule has 118 valence electrons. The molecule has 0 unspecified atom stereocenters. The molecule has 0 aliphatic carbocycles. The van der Waals surface area contributed by atoms with Gasteiger partial charge in [-0.2, -0.15) is 0 Å². The molecule has 5 nitrogen and oxygen atoms in total. The molecule has 2 N–H and O–H groups in total. The average molecular weight is 311 g/mol. The predicted molar refractivity (Wildman–Crippen MR) is 84.9 cm³/mol. The smallest absolute Gasteiger partial charge is 0.240 e. The van der Waals surface area contributed by atoms with Gasteiger partial charge in [-0.15, -0.1) is 0 Å². The highest BCUT2D eigenvalue weighted by Gasteiger charge is 2.15. The van der Waals surface area contributed by atoms with E-state index in [-0.39, 0.29) is 0 Å². The Balaban J connectivity index is 1.85. The molecular weight excluding hydrogens is 286 g/mol. The molecule has 6 heteroatoms. The Hall–Kier alpha value is -0.950. The van der Waals surface area contributed by atoms with Crippen molar-refractivity contribution in [2.75, 3.05) is 39.8 Å². The summed E-state index contributed by atoms with van der Waals surface area (Å²) in [6.45, 7) is 4.33. The van der Waals surface area contributed by atoms with Gasteiger partial charge in [0.15, 0.2) is 0 Å². The van der Waals surface area contributed by atoms with Crippen LogP contribution in [0.5, 0.6) is 0 Å². The molecule has 1 fully saturated rings. The standard InChI is InChI=1S/C15H25N3O2S/c1-16-9-8-14-4-6-15(7-5-14)21(19,20)17-10-13-18-11-2-3-12-18/h4-7,16-17H,2-3,8-13H2,1H3. The van der Waals surface area contributed by atoms with E-state index in [9.17, 15) is 8.42 Å². The summed E-state index contributed by atoms with van der Waals surface area (Å²) in [6.07, 6.45) is 3.35. The minimum Gasteiger partial charge on any atom is -0.319 e. The molecule has 21 heavy (non-hydrogen) atoms. The van der Waals surface area contributed by atoms with Crippen LogP contribution in [0.4, 0.5) is 0 Å². The van der Waals surface area contributed by atoms with Crippen LogP contribution in [0.1, 0.15) is 18.4 Å². The molecular formula is C15H25N3O2S. The summed E-state index contributed by atoms with van der Waals surface area (Å²) in [5.41, 5.74) is 1.14. The van der Waals surface area contributed by atoms with Gasteiger partial charge in [-0.25, -0.2) is 13.1 Å². The van der Waals surface area contributed by atoms with Gasteiger partial charge in [0.05, 0.1) is 4.90 Å². The minimum atomic E-state index is -3.38. The molecule has 0 aromatic heterocycles. The molecule has 0 bridgehead atoms. The molecule has 0 saturated carbocycles. The summed E-state index contributed by atoms with van der Waals surface area (Å²) in [7, 11) is -1.48. The van der Waals surface area contributed by atoms with E-state index in [1.807, 2.05) is 19.2 Å². The van der Waals surface area contributed by atoms with E-state index in [1.165, 1.54) is 12.8 Å². The number of sulfonamides is 1. The number of benzene rings is 1. The van der Waals surface area contributed by atoms with Crippen molar-refractivity contribution < 1.29 is 8.42 Å². The maximum Gasteiger partial charge on any atom is 0.240 e. The van der Waals surface area contributed by atoms with Gasteiger partial charge in [0, 0.05) is 13.1 Å². The third kappa shape index (κ3) is 5.07. The second-order valence-corrected chi connectivity index (χ2v) is 7.21. The molecule has 2 rings (SSSR count). The number of nitrogens with one attached hydrogen (secondary N) is 2. The number of hydrogen-bond donors (Lipinski definition) is 2. The monoisotopic (exact) mass is 311 g/mol. The van der Waals surface area contributed by atoms with E-state index in [1.54, 1.807) is 12.1 Å². The first-order valence-corrected chi connectivity index (χ1v) is 9.06. The zero-order valence-corrected chi connectivity index (χ0v) is 13.5. The fourth-order valence-electron chi connectivity index (χ4n) is 2.53. The quantitative estimate of drug-likeness (QED) is 0.746. The van der Waals surface area contributed by atoms with Crippen LogP contribution < -0.4 is 10.0 Å². The van der Waals surface area contributed by atoms with Gasteiger partial charge in [0.2, 0.25) is 10.0 Å². The average Bonchev–Trinajstić information content (AvgIpc) is 2.98. The van der Waals surface area contributed by atoms with Crippen molar-refractivity contribution in [2.24, 2.45) is 0 Å². The highest BCUT2D eigenvalue weighted by atomic mass is 32.2. The minimum absolute atomic E-state index is 0.345. The van der Waals surface area contributed by atoms with Crippen LogP contribution in [0.2, 0.25) is 0 Å². The van der Waals surface area contributed by atoms with Crippen LogP contribution in [0.25, 0.3) is 0 Å². The Kier molecular flexibility index (Phi) is 6.17. The second kappa shape index (κ2) is 7.89. The molecule has 1 saturated heterocycles. The summed E-state index contributed by atoms with van der Waals surface area (Å²) in [6, 6.07) is 7.13. The highest BCUT2D eigenvalue weighted by molar-refractivity contribution is 7.89. The fourth-order valence-corrected chi connectivity index (χ4v) is 3.55. The normalized spacial score (nSPS) is 16.4. The van der Waals surface area contributed by atoms with Crippen molar-refractivity contribution >= 4 is 10.0 Å². The summed E-state index contributed by atoms with van der Waals surface area (Å²) in [4.78, 5) is 2.64. The number of rotatable bonds is 8. The molecule has 0 amide bonds. The highest BCUT2D eigenvalue weighted by Crippen LogP contribution is 2.11. The topological polar surface area (TPSA) is 61.4 Å². The maximum atomic E-state index is 12.2. The third-order valence-corrected chi connectivity index (χ3v) is 5.29. The van der Waals surface area contributed by atoms with Crippen molar-refractivity contribution in [3.8, 4) is 0 Å². The first kappa shape index (κ1) is 16.4. The van der Waals surface area contributed by atoms with Gasteiger partial charge < -0.3 is 10.2 Å². The van der Waals surface area contributed by atoms with Gasteiger partial charge in [-0.3, -0.25) is 0 Å². The van der Waals surface area contributed by atoms with Gasteiger partial charge in [-0.1, -0.05) is 12.1 Å². The van der Waals surface area contributed by atoms with Crippen LogP contribution in [-0.2, 0) is 16.4 Å². The molecule has 1 aromatic rings. The lowest BCUT2D eigenvalue weighted by atomic mass is 10.1. The largest absolute Gasteiger partial charge is 0.319 e. The second-order valence-electron chi connectivity index (χ2n) is 5.44. The zero-order valence-electron chi connectivity index (χ0n) is 12.6. The van der Waals surface area contributed by atoms with Crippen LogP contribution in [0.15, 0.2) is 29.2 Å². The molecule has 0 atom stereocenters. The number of nitrogens with zero attached hydrogens (tertiary/aromatic N) is 1. The molecule has 1 aromatic carbocycles. The molecule has 0 spiro atoms. The van der Waals surface area contributed by atoms with E-state index in [0.29, 0.717) is 11.4 Å². The summed E-state index contributed by atoms with van der Waals surface area (Å²) >= 11 is 0. The first-order valence-electron chi connectivity index (χ1n) is 7.57. The molecule has 1 aliphatic heterocycles.